The molecule has 126 valence electrons. The van der Waals surface area contributed by atoms with Gasteiger partial charge in [-0.3, -0.25) is 0 Å². The molecule has 0 saturated carbocycles. The third-order valence-electron chi connectivity index (χ3n) is 4.05. The third-order valence-corrected chi connectivity index (χ3v) is 5.58. The van der Waals surface area contributed by atoms with Gasteiger partial charge in [0.05, 0.1) is 0 Å². The van der Waals surface area contributed by atoms with Gasteiger partial charge >= 0.3 is 136 Å². The first kappa shape index (κ1) is 18.0. The molecule has 0 aliphatic carbocycles. The van der Waals surface area contributed by atoms with Crippen LogP contribution in [0.4, 0.5) is 0 Å². The van der Waals surface area contributed by atoms with Gasteiger partial charge < -0.3 is 0 Å². The van der Waals surface area contributed by atoms with E-state index in [1.54, 1.807) is 31.0 Å². The monoisotopic (exact) mass is 340 g/mol. The van der Waals surface area contributed by atoms with Gasteiger partial charge in [-0.2, -0.15) is 0 Å². The minimum atomic E-state index is -3.79. The fourth-order valence-electron chi connectivity index (χ4n) is 2.72. The van der Waals surface area contributed by atoms with E-state index in [1.165, 1.54) is 0 Å². The first-order valence-electron chi connectivity index (χ1n) is 7.33. The zero-order valence-electron chi connectivity index (χ0n) is 12.7. The van der Waals surface area contributed by atoms with Crippen molar-refractivity contribution in [3.63, 3.8) is 0 Å². The van der Waals surface area contributed by atoms with Crippen molar-refractivity contribution < 1.29 is 18.3 Å². The van der Waals surface area contributed by atoms with E-state index in [0.717, 1.165) is 4.31 Å². The Bertz CT molecular complexity index is 657. The summed E-state index contributed by atoms with van der Waals surface area (Å²) < 4.78 is 28.2. The van der Waals surface area contributed by atoms with Crippen molar-refractivity contribution in [2.24, 2.45) is 11.5 Å². The molecule has 6 N–H and O–H groups in total. The average Bonchev–Trinajstić information content (AvgIpc) is 2.88. The topological polar surface area (TPSA) is 139 Å². The quantitative estimate of drug-likeness (QED) is 0.441. The third kappa shape index (κ3) is 3.78. The molecule has 2 atom stereocenters. The number of hydrogen-bond acceptors (Lipinski definition) is 5. The Kier molecular flexibility index (Phi) is 5.53. The maximum absolute atomic E-state index is 12.3. The summed E-state index contributed by atoms with van der Waals surface area (Å²) in [5, 5.41) is 9.52. The van der Waals surface area contributed by atoms with E-state index < -0.39 is 27.6 Å². The van der Waals surface area contributed by atoms with Crippen LogP contribution in [-0.4, -0.2) is 62.4 Å². The Labute approximate surface area is 136 Å². The van der Waals surface area contributed by atoms with Gasteiger partial charge in [-0.15, -0.1) is 0 Å². The van der Waals surface area contributed by atoms with Crippen molar-refractivity contribution in [3.05, 3.63) is 29.6 Å². The maximum atomic E-state index is 12.3. The van der Waals surface area contributed by atoms with E-state index in [4.69, 9.17) is 11.5 Å². The number of carboxylic acid groups (broad SMARTS) is 1. The van der Waals surface area contributed by atoms with Crippen LogP contribution >= 0.6 is 0 Å². The molecular weight excluding hydrogens is 319 g/mol. The number of nitrogens with zero attached hydrogens (tertiary/aromatic N) is 1. The molecule has 1 aromatic rings. The Balaban J connectivity index is 2.26. The normalized spacial score (nSPS) is 25.4. The van der Waals surface area contributed by atoms with E-state index in [0.29, 0.717) is 18.5 Å². The second-order valence-corrected chi connectivity index (χ2v) is 7.40. The van der Waals surface area contributed by atoms with Gasteiger partial charge in [0.15, 0.2) is 0 Å². The van der Waals surface area contributed by atoms with Crippen LogP contribution in [0.3, 0.4) is 0 Å². The fraction of sp³-hybridized carbons (Fsp3) is 0.538. The summed E-state index contributed by atoms with van der Waals surface area (Å²) in [6.45, 7) is 2.08. The van der Waals surface area contributed by atoms with Gasteiger partial charge in [-0.1, -0.05) is 0 Å². The molecule has 0 spiro atoms. The summed E-state index contributed by atoms with van der Waals surface area (Å²) in [6, 6.07) is 3.53. The molecule has 1 aliphatic heterocycles. The number of nitrogens with one attached hydrogen (secondary N) is 1. The fourth-order valence-corrected chi connectivity index (χ4v) is 4.03. The summed E-state index contributed by atoms with van der Waals surface area (Å²) in [5.74, 6) is 1.73. The van der Waals surface area contributed by atoms with Crippen LogP contribution in [0.25, 0.3) is 0 Å². The minimum absolute atomic E-state index is 0.0186. The Morgan fingerprint density at radius 3 is 2.87 bits per heavy atom. The number of nitrogens with two attached hydrogens (primary N) is 2. The molecule has 2 rings (SSSR count). The zero-order valence-corrected chi connectivity index (χ0v) is 13.5. The van der Waals surface area contributed by atoms with Crippen molar-refractivity contribution in [1.82, 2.24) is 9.03 Å². The molecule has 1 aromatic heterocycles. The van der Waals surface area contributed by atoms with Crippen LogP contribution in [0.15, 0.2) is 24.1 Å². The van der Waals surface area contributed by atoms with Gasteiger partial charge in [-0.25, -0.2) is 0 Å². The number of carboxylic acids is 1. The molecular formula is C13H21BN4O4S. The number of aliphatic carboxylic acids is 1. The SMILES string of the molecule is NCCCNS(=O)(=O)N1CC(c2cbccc2)C(N)(C(=O)O)C1. The zero-order chi connectivity index (χ0) is 17.1. The molecule has 0 radical (unpaired) electrons. The molecule has 23 heavy (non-hydrogen) atoms. The Morgan fingerprint density at radius 1 is 1.57 bits per heavy atom. The van der Waals surface area contributed by atoms with Crippen molar-refractivity contribution >= 4 is 23.1 Å². The number of carbonyl (C=O) groups is 1. The van der Waals surface area contributed by atoms with Crippen molar-refractivity contribution in [2.45, 2.75) is 17.9 Å². The predicted octanol–water partition coefficient (Wildman–Crippen LogP) is -1.61. The van der Waals surface area contributed by atoms with Crippen LogP contribution in [-0.2, 0) is 15.0 Å². The first-order chi connectivity index (χ1) is 10.8. The van der Waals surface area contributed by atoms with Crippen molar-refractivity contribution in [1.29, 1.82) is 0 Å². The van der Waals surface area contributed by atoms with Gasteiger partial charge in [0, 0.05) is 0 Å². The summed E-state index contributed by atoms with van der Waals surface area (Å²) in [7, 11) is -3.79. The first-order valence-corrected chi connectivity index (χ1v) is 8.77. The summed E-state index contributed by atoms with van der Waals surface area (Å²) >= 11 is 0. The van der Waals surface area contributed by atoms with Gasteiger partial charge in [0.25, 0.3) is 0 Å². The molecule has 2 heterocycles. The molecule has 1 aliphatic rings. The van der Waals surface area contributed by atoms with E-state index in [9.17, 15) is 18.3 Å². The summed E-state index contributed by atoms with van der Waals surface area (Å²) in [4.78, 5) is 11.7. The molecule has 10 heteroatoms. The van der Waals surface area contributed by atoms with E-state index in [2.05, 4.69) is 4.72 Å². The van der Waals surface area contributed by atoms with E-state index >= 15 is 0 Å². The van der Waals surface area contributed by atoms with Crippen LogP contribution < -0.4 is 16.2 Å². The molecule has 0 bridgehead atoms. The standard InChI is InChI=1S/C13H21BN4O4S/c15-5-2-6-17-23(21,22)18-8-11(10-3-1-4-14-7-10)13(16,9-18)12(19)20/h1,3-4,7,11,17H,2,5-6,8-9,15-16H2,(H,19,20). The molecule has 0 amide bonds. The van der Waals surface area contributed by atoms with Crippen molar-refractivity contribution in [2.75, 3.05) is 26.2 Å². The number of hydrogen-bond donors (Lipinski definition) is 4. The van der Waals surface area contributed by atoms with Crippen molar-refractivity contribution in [3.8, 4) is 0 Å². The second kappa shape index (κ2) is 7.06. The predicted molar refractivity (Wildman–Crippen MR) is 87.3 cm³/mol. The van der Waals surface area contributed by atoms with E-state index in [-0.39, 0.29) is 19.6 Å². The number of rotatable bonds is 7. The van der Waals surface area contributed by atoms with Gasteiger partial charge in [-0.05, 0) is 0 Å². The van der Waals surface area contributed by atoms with Crippen LogP contribution in [0.2, 0.25) is 0 Å². The Hall–Kier alpha value is -1.33. The van der Waals surface area contributed by atoms with Crippen LogP contribution in [0, 0.1) is 0 Å². The van der Waals surface area contributed by atoms with Gasteiger partial charge in [0.1, 0.15) is 0 Å². The van der Waals surface area contributed by atoms with Gasteiger partial charge in [0.2, 0.25) is 0 Å². The van der Waals surface area contributed by atoms with Crippen LogP contribution in [0.1, 0.15) is 17.9 Å². The summed E-state index contributed by atoms with van der Waals surface area (Å²) in [6.07, 6.45) is 0.502. The average molecular weight is 340 g/mol. The molecule has 2 unspecified atom stereocenters. The summed E-state index contributed by atoms with van der Waals surface area (Å²) in [5.41, 5.74) is 10.5. The molecule has 1 saturated heterocycles. The van der Waals surface area contributed by atoms with Crippen LogP contribution in [0.5, 0.6) is 0 Å². The molecule has 0 aromatic carbocycles. The molecule has 1 fully saturated rings. The Morgan fingerprint density at radius 2 is 2.30 bits per heavy atom. The second-order valence-electron chi connectivity index (χ2n) is 5.64. The molecule has 8 nitrogen and oxygen atoms in total. The van der Waals surface area contributed by atoms with E-state index in [1.807, 2.05) is 0 Å².